The second-order valence-electron chi connectivity index (χ2n) is 4.14. The number of hydrogen-bond acceptors (Lipinski definition) is 8. The predicted octanol–water partition coefficient (Wildman–Crippen LogP) is -0.497. The van der Waals surface area contributed by atoms with Gasteiger partial charge in [0.15, 0.2) is 5.82 Å². The molecule has 12 heteroatoms. The molecule has 0 radical (unpaired) electrons. The maximum atomic E-state index is 10.8. The van der Waals surface area contributed by atoms with E-state index in [4.69, 9.17) is 14.9 Å². The van der Waals surface area contributed by atoms with Crippen LogP contribution >= 0.6 is 7.60 Å². The first kappa shape index (κ1) is 15.9. The Morgan fingerprint density at radius 2 is 1.86 bits per heavy atom. The Hall–Kier alpha value is -2.49. The van der Waals surface area contributed by atoms with Gasteiger partial charge < -0.3 is 20.2 Å². The molecule has 0 amide bonds. The van der Waals surface area contributed by atoms with Crippen molar-refractivity contribution in [3.05, 3.63) is 24.2 Å². The summed E-state index contributed by atoms with van der Waals surface area (Å²) in [6.45, 7) is -0.238. The minimum absolute atomic E-state index is 0.0826. The fraction of sp³-hybridized carbons (Fsp3) is 0.200. The Morgan fingerprint density at radius 3 is 2.36 bits per heavy atom. The maximum Gasteiger partial charge on any atom is 0.333 e. The van der Waals surface area contributed by atoms with Crippen LogP contribution in [0.4, 0.5) is 5.69 Å². The predicted molar refractivity (Wildman–Crippen MR) is 72.7 cm³/mol. The molecular formula is C10H11N6O5P. The minimum atomic E-state index is -4.27. The van der Waals surface area contributed by atoms with Crippen LogP contribution in [-0.4, -0.2) is 52.8 Å². The number of rotatable bonds is 6. The van der Waals surface area contributed by atoms with Crippen molar-refractivity contribution in [2.45, 2.75) is 6.16 Å². The maximum absolute atomic E-state index is 10.8. The van der Waals surface area contributed by atoms with Gasteiger partial charge in [-0.1, -0.05) is 0 Å². The number of carbonyl (C=O) groups is 1. The fourth-order valence-corrected chi connectivity index (χ4v) is 1.90. The Labute approximate surface area is 123 Å². The summed E-state index contributed by atoms with van der Waals surface area (Å²) in [5.74, 6) is -1.09. The average molecular weight is 326 g/mol. The molecule has 11 nitrogen and oxygen atoms in total. The van der Waals surface area contributed by atoms with Crippen molar-refractivity contribution in [3.8, 4) is 11.5 Å². The zero-order valence-corrected chi connectivity index (χ0v) is 11.9. The van der Waals surface area contributed by atoms with Gasteiger partial charge in [0, 0.05) is 0 Å². The van der Waals surface area contributed by atoms with Crippen LogP contribution < -0.4 is 5.32 Å². The normalized spacial score (nSPS) is 11.2. The van der Waals surface area contributed by atoms with Gasteiger partial charge in [0.1, 0.15) is 18.4 Å². The molecule has 0 unspecified atom stereocenters. The van der Waals surface area contributed by atoms with E-state index < -0.39 is 19.7 Å². The number of aliphatic carboxylic acids is 1. The van der Waals surface area contributed by atoms with Crippen LogP contribution in [0.1, 0.15) is 5.82 Å². The Bertz CT molecular complexity index is 701. The highest BCUT2D eigenvalue weighted by Crippen LogP contribution is 2.37. The summed E-state index contributed by atoms with van der Waals surface area (Å²) < 4.78 is 10.8. The molecule has 0 bridgehead atoms. The van der Waals surface area contributed by atoms with E-state index in [0.29, 0.717) is 11.4 Å². The summed E-state index contributed by atoms with van der Waals surface area (Å²) in [5, 5.41) is 25.7. The molecule has 0 atom stereocenters. The lowest BCUT2D eigenvalue weighted by molar-refractivity contribution is -0.134. The Kier molecular flexibility index (Phi) is 4.71. The summed E-state index contributed by atoms with van der Waals surface area (Å²) in [6.07, 6.45) is 0.754. The number of aromatic nitrogens is 5. The molecule has 0 saturated carbocycles. The van der Waals surface area contributed by atoms with Crippen molar-refractivity contribution in [2.75, 3.05) is 11.9 Å². The lowest BCUT2D eigenvalue weighted by Gasteiger charge is -2.04. The zero-order valence-electron chi connectivity index (χ0n) is 11.0. The summed E-state index contributed by atoms with van der Waals surface area (Å²) in [6, 6.07) is 3.11. The lowest BCUT2D eigenvalue weighted by atomic mass is 10.3. The zero-order chi connectivity index (χ0) is 16.2. The first-order valence-corrected chi connectivity index (χ1v) is 7.66. The van der Waals surface area contributed by atoms with Crippen molar-refractivity contribution < 1.29 is 24.3 Å². The molecule has 0 fully saturated rings. The van der Waals surface area contributed by atoms with Gasteiger partial charge in [-0.25, -0.2) is 0 Å². The first-order chi connectivity index (χ1) is 10.3. The molecular weight excluding hydrogens is 315 g/mol. The molecule has 0 saturated heterocycles. The lowest BCUT2D eigenvalue weighted by Crippen LogP contribution is -2.12. The number of pyridine rings is 1. The molecule has 0 aromatic carbocycles. The summed E-state index contributed by atoms with van der Waals surface area (Å²) >= 11 is 0. The van der Waals surface area contributed by atoms with Gasteiger partial charge in [0.25, 0.3) is 0 Å². The third-order valence-corrected chi connectivity index (χ3v) is 3.00. The number of hydrogen-bond donors (Lipinski definition) is 4. The highest BCUT2D eigenvalue weighted by atomic mass is 31.2. The van der Waals surface area contributed by atoms with E-state index in [2.05, 4.69) is 30.7 Å². The second kappa shape index (κ2) is 6.52. The number of carboxylic acid groups (broad SMARTS) is 1. The van der Waals surface area contributed by atoms with E-state index >= 15 is 0 Å². The third-order valence-electron chi connectivity index (χ3n) is 2.30. The van der Waals surface area contributed by atoms with Gasteiger partial charge in [0.2, 0.25) is 5.82 Å². The molecule has 0 aliphatic carbocycles. The van der Waals surface area contributed by atoms with Crippen LogP contribution in [0.2, 0.25) is 0 Å². The Balaban J connectivity index is 2.08. The third kappa shape index (κ3) is 4.81. The van der Waals surface area contributed by atoms with Crippen LogP contribution in [0, 0.1) is 0 Å². The van der Waals surface area contributed by atoms with E-state index in [-0.39, 0.29) is 18.2 Å². The van der Waals surface area contributed by atoms with Crippen molar-refractivity contribution in [1.82, 2.24) is 25.4 Å². The van der Waals surface area contributed by atoms with Crippen molar-refractivity contribution in [1.29, 1.82) is 0 Å². The average Bonchev–Trinajstić information content (AvgIpc) is 2.45. The number of nitrogens with zero attached hydrogens (tertiary/aromatic N) is 5. The largest absolute Gasteiger partial charge is 0.480 e. The fourth-order valence-electron chi connectivity index (χ4n) is 1.41. The van der Waals surface area contributed by atoms with Crippen molar-refractivity contribution in [2.24, 2.45) is 0 Å². The van der Waals surface area contributed by atoms with Gasteiger partial charge in [-0.2, -0.15) is 0 Å². The molecule has 116 valence electrons. The topological polar surface area (TPSA) is 171 Å². The molecule has 2 aromatic rings. The molecule has 0 aliphatic rings. The van der Waals surface area contributed by atoms with E-state index in [0.717, 1.165) is 0 Å². The standard InChI is InChI=1S/C10H11N6O5P/c17-9(18)4-11-6-1-2-7(12-3-6)10-15-13-8(14-16-10)5-22(19,20)21/h1-3,11H,4-5H2,(H,17,18)(H2,19,20,21). The summed E-state index contributed by atoms with van der Waals surface area (Å²) in [4.78, 5) is 32.0. The van der Waals surface area contributed by atoms with E-state index in [9.17, 15) is 9.36 Å². The number of nitrogens with one attached hydrogen (secondary N) is 1. The van der Waals surface area contributed by atoms with Crippen LogP contribution in [-0.2, 0) is 15.5 Å². The molecule has 4 N–H and O–H groups in total. The molecule has 2 rings (SSSR count). The van der Waals surface area contributed by atoms with Crippen molar-refractivity contribution >= 4 is 19.3 Å². The van der Waals surface area contributed by atoms with Gasteiger partial charge in [0.05, 0.1) is 11.9 Å². The Morgan fingerprint density at radius 1 is 1.18 bits per heavy atom. The molecule has 2 aromatic heterocycles. The summed E-state index contributed by atoms with van der Waals surface area (Å²) in [7, 11) is -4.27. The van der Waals surface area contributed by atoms with Gasteiger partial charge in [-0.05, 0) is 12.1 Å². The monoisotopic (exact) mass is 326 g/mol. The van der Waals surface area contributed by atoms with E-state index in [1.807, 2.05) is 0 Å². The minimum Gasteiger partial charge on any atom is -0.480 e. The van der Waals surface area contributed by atoms with Crippen LogP contribution in [0.15, 0.2) is 18.3 Å². The highest BCUT2D eigenvalue weighted by molar-refractivity contribution is 7.50. The van der Waals surface area contributed by atoms with Gasteiger partial charge in [-0.15, -0.1) is 20.4 Å². The number of anilines is 1. The molecule has 0 spiro atoms. The summed E-state index contributed by atoms with van der Waals surface area (Å²) in [5.41, 5.74) is 0.841. The first-order valence-electron chi connectivity index (χ1n) is 5.86. The SMILES string of the molecule is O=C(O)CNc1ccc(-c2nnc(CP(=O)(O)O)nn2)nc1. The second-order valence-corrected chi connectivity index (χ2v) is 5.79. The number of carboxylic acids is 1. The van der Waals surface area contributed by atoms with Crippen molar-refractivity contribution in [3.63, 3.8) is 0 Å². The van der Waals surface area contributed by atoms with E-state index in [1.165, 1.54) is 12.3 Å². The molecule has 22 heavy (non-hydrogen) atoms. The highest BCUT2D eigenvalue weighted by Gasteiger charge is 2.17. The molecule has 2 heterocycles. The van der Waals surface area contributed by atoms with Crippen LogP contribution in [0.3, 0.4) is 0 Å². The molecule has 0 aliphatic heterocycles. The van der Waals surface area contributed by atoms with Gasteiger partial charge >= 0.3 is 13.6 Å². The van der Waals surface area contributed by atoms with Crippen LogP contribution in [0.5, 0.6) is 0 Å². The quantitative estimate of drug-likeness (QED) is 0.504. The smallest absolute Gasteiger partial charge is 0.333 e. The van der Waals surface area contributed by atoms with E-state index in [1.54, 1.807) is 6.07 Å². The van der Waals surface area contributed by atoms with Gasteiger partial charge in [-0.3, -0.25) is 14.3 Å². The van der Waals surface area contributed by atoms with Crippen LogP contribution in [0.25, 0.3) is 11.5 Å².